The summed E-state index contributed by atoms with van der Waals surface area (Å²) >= 11 is 6.32. The number of carbonyl (C=O) groups excluding carboxylic acids is 5. The maximum Gasteiger partial charge on any atom is 0.262 e. The Hall–Kier alpha value is -5.45. The number of nitrogens with one attached hydrogen (secondary N) is 1. The average Bonchev–Trinajstić information content (AvgIpc) is 3.97. The van der Waals surface area contributed by atoms with Crippen molar-refractivity contribution in [3.63, 3.8) is 0 Å². The van der Waals surface area contributed by atoms with Crippen molar-refractivity contribution in [2.75, 3.05) is 80.1 Å². The van der Waals surface area contributed by atoms with Crippen LogP contribution in [0.5, 0.6) is 0 Å². The number of hydrogen-bond donors (Lipinski definition) is 1. The molecular formula is C44H45ClN8O5. The lowest BCUT2D eigenvalue weighted by atomic mass is 9.77. The number of anilines is 3. The topological polar surface area (TPSA) is 141 Å². The van der Waals surface area contributed by atoms with Crippen LogP contribution in [0, 0.1) is 28.6 Å². The van der Waals surface area contributed by atoms with Crippen LogP contribution in [0.25, 0.3) is 0 Å². The van der Waals surface area contributed by atoms with Gasteiger partial charge in [0.05, 0.1) is 21.7 Å². The molecule has 58 heavy (non-hydrogen) atoms. The molecule has 3 aromatic rings. The van der Waals surface area contributed by atoms with Gasteiger partial charge in [0.1, 0.15) is 12.1 Å². The molecule has 13 nitrogen and oxygen atoms in total. The van der Waals surface area contributed by atoms with E-state index >= 15 is 0 Å². The van der Waals surface area contributed by atoms with Crippen LogP contribution in [0.3, 0.4) is 0 Å². The van der Waals surface area contributed by atoms with Crippen LogP contribution < -0.4 is 20.0 Å². The SMILES string of the molecule is N#Cc1ccc(N2CCC3(CCN(C(=O)c4ccc(N5CC6CN(C7CN(c8ccc9c(c8)C(=O)N(C8CCC(=O)NC8=O)C9=O)C7)CC6C5)cc4)CC3)C2)cc1Cl. The van der Waals surface area contributed by atoms with E-state index in [-0.39, 0.29) is 30.1 Å². The van der Waals surface area contributed by atoms with Crippen molar-refractivity contribution in [1.82, 2.24) is 20.0 Å². The van der Waals surface area contributed by atoms with Crippen molar-refractivity contribution < 1.29 is 24.0 Å². The molecular weight excluding hydrogens is 756 g/mol. The molecule has 0 aromatic heterocycles. The third-order valence-electron chi connectivity index (χ3n) is 14.1. The summed E-state index contributed by atoms with van der Waals surface area (Å²) in [6.07, 6.45) is 3.29. The van der Waals surface area contributed by atoms with Crippen molar-refractivity contribution in [2.24, 2.45) is 17.3 Å². The zero-order valence-corrected chi connectivity index (χ0v) is 33.0. The summed E-state index contributed by atoms with van der Waals surface area (Å²) < 4.78 is 0. The highest BCUT2D eigenvalue weighted by atomic mass is 35.5. The molecule has 0 saturated carbocycles. The molecule has 3 atom stereocenters. The third-order valence-corrected chi connectivity index (χ3v) is 14.5. The number of rotatable bonds is 6. The molecule has 3 aromatic carbocycles. The van der Waals surface area contributed by atoms with Gasteiger partial charge in [0.25, 0.3) is 17.7 Å². The summed E-state index contributed by atoms with van der Waals surface area (Å²) in [5.41, 5.74) is 5.16. The number of nitriles is 1. The van der Waals surface area contributed by atoms with Crippen molar-refractivity contribution in [2.45, 2.75) is 44.2 Å². The highest BCUT2D eigenvalue weighted by Crippen LogP contribution is 2.43. The fourth-order valence-corrected chi connectivity index (χ4v) is 10.8. The molecule has 7 heterocycles. The highest BCUT2D eigenvalue weighted by molar-refractivity contribution is 6.32. The molecule has 3 unspecified atom stereocenters. The molecule has 5 amide bonds. The number of nitrogens with zero attached hydrogens (tertiary/aromatic N) is 7. The van der Waals surface area contributed by atoms with Crippen LogP contribution in [-0.4, -0.2) is 122 Å². The first kappa shape index (κ1) is 36.9. The second-order valence-electron chi connectivity index (χ2n) is 17.4. The van der Waals surface area contributed by atoms with E-state index in [1.54, 1.807) is 18.2 Å². The molecule has 7 aliphatic heterocycles. The van der Waals surface area contributed by atoms with Crippen LogP contribution in [0.4, 0.5) is 17.1 Å². The first-order valence-electron chi connectivity index (χ1n) is 20.5. The molecule has 0 bridgehead atoms. The zero-order chi connectivity index (χ0) is 39.9. The number of fused-ring (bicyclic) bond motifs is 2. The van der Waals surface area contributed by atoms with E-state index < -0.39 is 23.8 Å². The van der Waals surface area contributed by atoms with Gasteiger partial charge in [-0.25, -0.2) is 0 Å². The quantitative estimate of drug-likeness (QED) is 0.364. The smallest absolute Gasteiger partial charge is 0.262 e. The van der Waals surface area contributed by atoms with Crippen molar-refractivity contribution in [3.8, 4) is 6.07 Å². The second-order valence-corrected chi connectivity index (χ2v) is 17.8. The van der Waals surface area contributed by atoms with Gasteiger partial charge in [-0.15, -0.1) is 0 Å². The summed E-state index contributed by atoms with van der Waals surface area (Å²) in [5, 5.41) is 12.0. The number of piperidine rings is 2. The third kappa shape index (κ3) is 6.28. The van der Waals surface area contributed by atoms with Gasteiger partial charge in [0.15, 0.2) is 0 Å². The maximum atomic E-state index is 13.6. The number of benzene rings is 3. The number of carbonyl (C=O) groups is 5. The predicted octanol–water partition coefficient (Wildman–Crippen LogP) is 4.00. The van der Waals surface area contributed by atoms with E-state index in [0.717, 1.165) is 107 Å². The van der Waals surface area contributed by atoms with Crippen molar-refractivity contribution in [1.29, 1.82) is 5.26 Å². The molecule has 10 rings (SSSR count). The van der Waals surface area contributed by atoms with E-state index in [0.29, 0.717) is 39.6 Å². The minimum absolute atomic E-state index is 0.0954. The van der Waals surface area contributed by atoms with Crippen LogP contribution >= 0.6 is 11.6 Å². The van der Waals surface area contributed by atoms with E-state index in [1.165, 1.54) is 5.69 Å². The van der Waals surface area contributed by atoms with Gasteiger partial charge in [-0.05, 0) is 104 Å². The van der Waals surface area contributed by atoms with Crippen molar-refractivity contribution in [3.05, 3.63) is 87.9 Å². The van der Waals surface area contributed by atoms with E-state index in [2.05, 4.69) is 43.1 Å². The molecule has 6 fully saturated rings. The Kier molecular flexibility index (Phi) is 8.98. The fraction of sp³-hybridized carbons (Fsp3) is 0.455. The normalized spacial score (nSPS) is 25.7. The summed E-state index contributed by atoms with van der Waals surface area (Å²) in [6.45, 7) is 9.19. The summed E-state index contributed by atoms with van der Waals surface area (Å²) in [5.74, 6) is -0.687. The van der Waals surface area contributed by atoms with Crippen molar-refractivity contribution >= 4 is 58.2 Å². The number of imide groups is 2. The van der Waals surface area contributed by atoms with E-state index in [9.17, 15) is 29.2 Å². The van der Waals surface area contributed by atoms with Crippen LogP contribution in [0.15, 0.2) is 60.7 Å². The van der Waals surface area contributed by atoms with Gasteiger partial charge in [-0.1, -0.05) is 11.6 Å². The second kappa shape index (κ2) is 14.1. The standard InChI is InChI=1S/C44H45ClN8O5/c45-37-18-33(6-3-28(37)19-46)49-16-13-44(26-49)11-14-48(15-12-44)41(56)27-1-4-31(5-2-27)50-20-29-22-51(23-30(29)21-50)34-24-52(25-34)32-7-8-35-36(17-32)43(58)53(42(35)57)38-9-10-39(54)47-40(38)55/h1-8,17-18,29-30,34,38H,9-16,20-26H2,(H,47,54,55). The van der Waals surface area contributed by atoms with Gasteiger partial charge in [-0.3, -0.25) is 39.1 Å². The summed E-state index contributed by atoms with van der Waals surface area (Å²) in [7, 11) is 0. The van der Waals surface area contributed by atoms with Gasteiger partial charge in [0, 0.05) is 101 Å². The first-order valence-corrected chi connectivity index (χ1v) is 20.9. The lowest BCUT2D eigenvalue weighted by Crippen LogP contribution is -2.59. The zero-order valence-electron chi connectivity index (χ0n) is 32.2. The monoisotopic (exact) mass is 800 g/mol. The minimum Gasteiger partial charge on any atom is -0.371 e. The number of amides is 5. The molecule has 0 aliphatic carbocycles. The Balaban J connectivity index is 0.689. The maximum absolute atomic E-state index is 13.6. The Morgan fingerprint density at radius 2 is 1.38 bits per heavy atom. The lowest BCUT2D eigenvalue weighted by molar-refractivity contribution is -0.136. The summed E-state index contributed by atoms with van der Waals surface area (Å²) in [6, 6.07) is 20.8. The number of halogens is 1. The molecule has 298 valence electrons. The van der Waals surface area contributed by atoms with Gasteiger partial charge < -0.3 is 19.6 Å². The number of hydrogen-bond acceptors (Lipinski definition) is 10. The Morgan fingerprint density at radius 3 is 2.07 bits per heavy atom. The van der Waals surface area contributed by atoms with Crippen LogP contribution in [0.1, 0.15) is 68.7 Å². The molecule has 6 saturated heterocycles. The Morgan fingerprint density at radius 1 is 0.741 bits per heavy atom. The molecule has 7 aliphatic rings. The molecule has 0 radical (unpaired) electrons. The minimum atomic E-state index is -0.968. The van der Waals surface area contributed by atoms with Crippen LogP contribution in [0.2, 0.25) is 5.02 Å². The molecule has 14 heteroatoms. The van der Waals surface area contributed by atoms with Gasteiger partial charge in [-0.2, -0.15) is 5.26 Å². The lowest BCUT2D eigenvalue weighted by Gasteiger charge is -2.46. The summed E-state index contributed by atoms with van der Waals surface area (Å²) in [4.78, 5) is 76.8. The Bertz CT molecular complexity index is 2270. The van der Waals surface area contributed by atoms with Gasteiger partial charge >= 0.3 is 0 Å². The highest BCUT2D eigenvalue weighted by Gasteiger charge is 2.47. The first-order chi connectivity index (χ1) is 28.1. The molecule has 1 spiro atoms. The van der Waals surface area contributed by atoms with Gasteiger partial charge in [0.2, 0.25) is 11.8 Å². The Labute approximate surface area is 342 Å². The van der Waals surface area contributed by atoms with E-state index in [4.69, 9.17) is 11.6 Å². The fourth-order valence-electron chi connectivity index (χ4n) is 10.6. The molecule has 1 N–H and O–H groups in total. The van der Waals surface area contributed by atoms with Crippen LogP contribution in [-0.2, 0) is 9.59 Å². The average molecular weight is 801 g/mol. The predicted molar refractivity (Wildman–Crippen MR) is 217 cm³/mol. The number of likely N-dealkylation sites (tertiary alicyclic amines) is 2. The van der Waals surface area contributed by atoms with E-state index in [1.807, 2.05) is 35.2 Å². The largest absolute Gasteiger partial charge is 0.371 e.